The van der Waals surface area contributed by atoms with Crippen molar-refractivity contribution in [2.75, 3.05) is 13.1 Å². The van der Waals surface area contributed by atoms with E-state index in [1.807, 2.05) is 24.3 Å². The highest BCUT2D eigenvalue weighted by molar-refractivity contribution is 14.0. The van der Waals surface area contributed by atoms with Crippen LogP contribution >= 0.6 is 39.9 Å². The quantitative estimate of drug-likeness (QED) is 0.376. The predicted molar refractivity (Wildman–Crippen MR) is 105 cm³/mol. The molecule has 0 unspecified atom stereocenters. The number of guanidine groups is 1. The Hall–Kier alpha value is -1.02. The number of hydrogen-bond acceptors (Lipinski definition) is 2. The Labute approximate surface area is 156 Å². The Morgan fingerprint density at radius 3 is 2.77 bits per heavy atom. The molecule has 0 spiro atoms. The highest BCUT2D eigenvalue weighted by atomic mass is 127. The van der Waals surface area contributed by atoms with Gasteiger partial charge in [-0.2, -0.15) is 0 Å². The fourth-order valence-corrected chi connectivity index (χ4v) is 2.35. The summed E-state index contributed by atoms with van der Waals surface area (Å²) >= 11 is 3.47. The smallest absolute Gasteiger partial charge is 0.191 e. The summed E-state index contributed by atoms with van der Waals surface area (Å²) in [6, 6.07) is 12.1. The highest BCUT2D eigenvalue weighted by Gasteiger charge is 2.00. The molecule has 1 aromatic heterocycles. The molecular formula is C16H21BrIN3O. The van der Waals surface area contributed by atoms with Crippen molar-refractivity contribution < 1.29 is 4.42 Å². The summed E-state index contributed by atoms with van der Waals surface area (Å²) in [5.41, 5.74) is 1.17. The van der Waals surface area contributed by atoms with E-state index < -0.39 is 0 Å². The van der Waals surface area contributed by atoms with Crippen LogP contribution in [0, 0.1) is 0 Å². The maximum absolute atomic E-state index is 5.31. The molecule has 22 heavy (non-hydrogen) atoms. The summed E-state index contributed by atoms with van der Waals surface area (Å²) < 4.78 is 6.39. The van der Waals surface area contributed by atoms with Gasteiger partial charge in [0.2, 0.25) is 0 Å². The second-order valence-electron chi connectivity index (χ2n) is 4.58. The topological polar surface area (TPSA) is 49.6 Å². The Kier molecular flexibility index (Phi) is 9.22. The molecule has 1 aromatic carbocycles. The van der Waals surface area contributed by atoms with E-state index in [1.54, 1.807) is 6.26 Å². The molecule has 1 heterocycles. The van der Waals surface area contributed by atoms with Gasteiger partial charge in [0, 0.05) is 24.0 Å². The first-order chi connectivity index (χ1) is 10.3. The van der Waals surface area contributed by atoms with Crippen LogP contribution in [0.25, 0.3) is 0 Å². The van der Waals surface area contributed by atoms with Crippen LogP contribution in [-0.2, 0) is 13.0 Å². The van der Waals surface area contributed by atoms with Gasteiger partial charge in [0.15, 0.2) is 5.96 Å². The van der Waals surface area contributed by atoms with Gasteiger partial charge in [0.1, 0.15) is 5.76 Å². The van der Waals surface area contributed by atoms with Crippen molar-refractivity contribution in [3.8, 4) is 0 Å². The SMILES string of the molecule is CCNC(=NCc1cccc(Br)c1)NCCc1ccco1.I. The third-order valence-corrected chi connectivity index (χ3v) is 3.39. The van der Waals surface area contributed by atoms with E-state index >= 15 is 0 Å². The molecule has 0 bridgehead atoms. The molecule has 0 amide bonds. The van der Waals surface area contributed by atoms with Crippen molar-refractivity contribution in [1.82, 2.24) is 10.6 Å². The summed E-state index contributed by atoms with van der Waals surface area (Å²) in [4.78, 5) is 4.59. The van der Waals surface area contributed by atoms with Crippen LogP contribution in [-0.4, -0.2) is 19.0 Å². The molecule has 0 aliphatic heterocycles. The van der Waals surface area contributed by atoms with Gasteiger partial charge in [0.05, 0.1) is 12.8 Å². The Morgan fingerprint density at radius 2 is 2.09 bits per heavy atom. The van der Waals surface area contributed by atoms with E-state index in [4.69, 9.17) is 4.42 Å². The molecule has 2 rings (SSSR count). The van der Waals surface area contributed by atoms with E-state index in [1.165, 1.54) is 5.56 Å². The lowest BCUT2D eigenvalue weighted by Gasteiger charge is -2.10. The minimum atomic E-state index is 0. The summed E-state index contributed by atoms with van der Waals surface area (Å²) in [6.45, 7) is 4.33. The molecule has 120 valence electrons. The molecule has 0 saturated heterocycles. The number of halogens is 2. The zero-order valence-electron chi connectivity index (χ0n) is 12.5. The van der Waals surface area contributed by atoms with Crippen molar-refractivity contribution in [3.05, 3.63) is 58.5 Å². The molecule has 0 fully saturated rings. The predicted octanol–water partition coefficient (Wildman–Crippen LogP) is 3.96. The van der Waals surface area contributed by atoms with Crippen LogP contribution in [0.3, 0.4) is 0 Å². The molecule has 0 aliphatic rings. The second kappa shape index (κ2) is 10.7. The number of rotatable bonds is 6. The zero-order chi connectivity index (χ0) is 14.9. The van der Waals surface area contributed by atoms with Crippen LogP contribution in [0.5, 0.6) is 0 Å². The van der Waals surface area contributed by atoms with Crippen molar-refractivity contribution in [3.63, 3.8) is 0 Å². The molecule has 6 heteroatoms. The lowest BCUT2D eigenvalue weighted by atomic mass is 10.2. The second-order valence-corrected chi connectivity index (χ2v) is 5.50. The molecule has 0 saturated carbocycles. The standard InChI is InChI=1S/C16H20BrN3O.HI/c1-2-18-16(19-9-8-15-7-4-10-21-15)20-12-13-5-3-6-14(17)11-13;/h3-7,10-11H,2,8-9,12H2,1H3,(H2,18,19,20);1H. The minimum absolute atomic E-state index is 0. The van der Waals surface area contributed by atoms with Gasteiger partial charge in [0.25, 0.3) is 0 Å². The number of nitrogens with one attached hydrogen (secondary N) is 2. The van der Waals surface area contributed by atoms with Crippen LogP contribution < -0.4 is 10.6 Å². The Bertz CT molecular complexity index is 573. The third-order valence-electron chi connectivity index (χ3n) is 2.90. The lowest BCUT2D eigenvalue weighted by Crippen LogP contribution is -2.38. The molecule has 4 nitrogen and oxygen atoms in total. The van der Waals surface area contributed by atoms with E-state index in [0.717, 1.165) is 35.7 Å². The average Bonchev–Trinajstić information content (AvgIpc) is 2.98. The van der Waals surface area contributed by atoms with Crippen molar-refractivity contribution in [2.24, 2.45) is 4.99 Å². The van der Waals surface area contributed by atoms with Crippen molar-refractivity contribution in [2.45, 2.75) is 19.9 Å². The molecule has 0 atom stereocenters. The first-order valence-electron chi connectivity index (χ1n) is 7.07. The van der Waals surface area contributed by atoms with Crippen LogP contribution in [0.4, 0.5) is 0 Å². The Morgan fingerprint density at radius 1 is 1.23 bits per heavy atom. The van der Waals surface area contributed by atoms with Gasteiger partial charge in [-0.3, -0.25) is 0 Å². The lowest BCUT2D eigenvalue weighted by molar-refractivity contribution is 0.507. The van der Waals surface area contributed by atoms with Gasteiger partial charge in [-0.1, -0.05) is 28.1 Å². The molecule has 2 aromatic rings. The van der Waals surface area contributed by atoms with Crippen LogP contribution in [0.2, 0.25) is 0 Å². The van der Waals surface area contributed by atoms with Crippen molar-refractivity contribution >= 4 is 45.9 Å². The maximum atomic E-state index is 5.31. The molecule has 0 aliphatic carbocycles. The van der Waals surface area contributed by atoms with E-state index in [0.29, 0.717) is 6.54 Å². The number of benzene rings is 1. The Balaban J connectivity index is 0.00000242. The molecular weight excluding hydrogens is 457 g/mol. The maximum Gasteiger partial charge on any atom is 0.191 e. The van der Waals surface area contributed by atoms with E-state index in [9.17, 15) is 0 Å². The van der Waals surface area contributed by atoms with Crippen LogP contribution in [0.1, 0.15) is 18.2 Å². The zero-order valence-corrected chi connectivity index (χ0v) is 16.4. The first kappa shape index (κ1) is 19.0. The molecule has 0 radical (unpaired) electrons. The van der Waals surface area contributed by atoms with Crippen LogP contribution in [0.15, 0.2) is 56.5 Å². The van der Waals surface area contributed by atoms with Gasteiger partial charge in [-0.05, 0) is 36.8 Å². The van der Waals surface area contributed by atoms with Gasteiger partial charge in [-0.15, -0.1) is 24.0 Å². The normalized spacial score (nSPS) is 10.9. The highest BCUT2D eigenvalue weighted by Crippen LogP contribution is 2.12. The largest absolute Gasteiger partial charge is 0.469 e. The number of nitrogens with zero attached hydrogens (tertiary/aromatic N) is 1. The monoisotopic (exact) mass is 477 g/mol. The summed E-state index contributed by atoms with van der Waals surface area (Å²) in [5, 5.41) is 6.56. The van der Waals surface area contributed by atoms with Crippen molar-refractivity contribution in [1.29, 1.82) is 0 Å². The summed E-state index contributed by atoms with van der Waals surface area (Å²) in [6.07, 6.45) is 2.54. The van der Waals surface area contributed by atoms with Gasteiger partial charge >= 0.3 is 0 Å². The fraction of sp³-hybridized carbons (Fsp3) is 0.312. The fourth-order valence-electron chi connectivity index (χ4n) is 1.91. The average molecular weight is 478 g/mol. The number of aliphatic imine (C=N–C) groups is 1. The van der Waals surface area contributed by atoms with E-state index in [2.05, 4.69) is 50.6 Å². The van der Waals surface area contributed by atoms with Gasteiger partial charge < -0.3 is 15.1 Å². The third kappa shape index (κ3) is 6.83. The summed E-state index contributed by atoms with van der Waals surface area (Å²) in [5.74, 6) is 1.80. The van der Waals surface area contributed by atoms with Gasteiger partial charge in [-0.25, -0.2) is 4.99 Å². The summed E-state index contributed by atoms with van der Waals surface area (Å²) in [7, 11) is 0. The first-order valence-corrected chi connectivity index (χ1v) is 7.86. The number of hydrogen-bond donors (Lipinski definition) is 2. The minimum Gasteiger partial charge on any atom is -0.469 e. The number of furan rings is 1. The molecule has 2 N–H and O–H groups in total. The van der Waals surface area contributed by atoms with E-state index in [-0.39, 0.29) is 24.0 Å².